The van der Waals surface area contributed by atoms with Gasteiger partial charge in [-0.05, 0) is 25.2 Å². The van der Waals surface area contributed by atoms with Crippen LogP contribution in [0.3, 0.4) is 0 Å². The molecule has 12 heavy (non-hydrogen) atoms. The fourth-order valence-electron chi connectivity index (χ4n) is 2.76. The van der Waals surface area contributed by atoms with Gasteiger partial charge in [0.1, 0.15) is 5.78 Å². The van der Waals surface area contributed by atoms with Crippen LogP contribution in [0.5, 0.6) is 0 Å². The molecule has 2 atom stereocenters. The molecule has 2 aliphatic carbocycles. The number of hydrogen-bond acceptors (Lipinski definition) is 2. The van der Waals surface area contributed by atoms with E-state index < -0.39 is 0 Å². The van der Waals surface area contributed by atoms with Gasteiger partial charge < -0.3 is 0 Å². The first-order chi connectivity index (χ1) is 5.77. The van der Waals surface area contributed by atoms with E-state index in [9.17, 15) is 4.79 Å². The number of Topliss-reactive ketones (excluding diaryl/α,β-unsaturated/α-hetero) is 1. The highest BCUT2D eigenvalue weighted by atomic mass is 16.1. The number of nitriles is 1. The minimum Gasteiger partial charge on any atom is -0.300 e. The summed E-state index contributed by atoms with van der Waals surface area (Å²) in [5.41, 5.74) is -0.241. The fourth-order valence-corrected chi connectivity index (χ4v) is 2.76. The van der Waals surface area contributed by atoms with Crippen LogP contribution in [-0.4, -0.2) is 5.78 Å². The summed E-state index contributed by atoms with van der Waals surface area (Å²) in [6, 6.07) is 2.39. The van der Waals surface area contributed by atoms with E-state index in [1.165, 1.54) is 6.42 Å². The average Bonchev–Trinajstić information content (AvgIpc) is 2.47. The Labute approximate surface area is 72.6 Å². The van der Waals surface area contributed by atoms with E-state index in [1.54, 1.807) is 0 Å². The quantitative estimate of drug-likeness (QED) is 0.548. The molecular formula is C10H13NO. The molecule has 0 spiro atoms. The molecule has 0 aromatic carbocycles. The normalized spacial score (nSPS) is 40.6. The molecule has 0 aromatic heterocycles. The summed E-state index contributed by atoms with van der Waals surface area (Å²) >= 11 is 0. The van der Waals surface area contributed by atoms with E-state index in [1.807, 2.05) is 0 Å². The summed E-state index contributed by atoms with van der Waals surface area (Å²) in [5, 5.41) is 9.07. The Hall–Kier alpha value is -0.840. The zero-order chi connectivity index (χ0) is 8.60. The van der Waals surface area contributed by atoms with Crippen LogP contribution in [0.2, 0.25) is 0 Å². The van der Waals surface area contributed by atoms with Crippen molar-refractivity contribution in [2.45, 2.75) is 38.5 Å². The molecule has 64 valence electrons. The van der Waals surface area contributed by atoms with E-state index in [2.05, 4.69) is 6.07 Å². The van der Waals surface area contributed by atoms with Crippen LogP contribution < -0.4 is 0 Å². The summed E-state index contributed by atoms with van der Waals surface area (Å²) in [7, 11) is 0. The van der Waals surface area contributed by atoms with Crippen LogP contribution in [0.1, 0.15) is 38.5 Å². The molecule has 2 fully saturated rings. The first kappa shape index (κ1) is 7.79. The highest BCUT2D eigenvalue weighted by Gasteiger charge is 2.46. The topological polar surface area (TPSA) is 40.9 Å². The predicted octanol–water partition coefficient (Wildman–Crippen LogP) is 2.05. The summed E-state index contributed by atoms with van der Waals surface area (Å²) in [6.07, 6.45) is 5.49. The second-order valence-electron chi connectivity index (χ2n) is 4.11. The molecule has 0 amide bonds. The van der Waals surface area contributed by atoms with Gasteiger partial charge in [0.2, 0.25) is 0 Å². The minimum absolute atomic E-state index is 0.241. The standard InChI is InChI=1S/C10H13NO/c11-7-10-5-1-2-8(10)3-4-9(12)6-10/h8H,1-6H2/t8-,10-/m1/s1. The molecule has 0 N–H and O–H groups in total. The average molecular weight is 163 g/mol. The third-order valence-corrected chi connectivity index (χ3v) is 3.46. The monoisotopic (exact) mass is 163 g/mol. The van der Waals surface area contributed by atoms with Crippen LogP contribution >= 0.6 is 0 Å². The van der Waals surface area contributed by atoms with Crippen molar-refractivity contribution in [1.82, 2.24) is 0 Å². The molecule has 0 heterocycles. The number of carbonyl (C=O) groups excluding carboxylic acids is 1. The van der Waals surface area contributed by atoms with Crippen LogP contribution in [0.15, 0.2) is 0 Å². The number of nitrogens with zero attached hydrogens (tertiary/aromatic N) is 1. The molecule has 0 saturated heterocycles. The number of ketones is 1. The zero-order valence-corrected chi connectivity index (χ0v) is 7.18. The number of hydrogen-bond donors (Lipinski definition) is 0. The maximum absolute atomic E-state index is 11.2. The third kappa shape index (κ3) is 0.964. The molecule has 0 unspecified atom stereocenters. The molecule has 2 nitrogen and oxygen atoms in total. The summed E-state index contributed by atoms with van der Waals surface area (Å²) in [4.78, 5) is 11.2. The maximum atomic E-state index is 11.2. The van der Waals surface area contributed by atoms with E-state index in [0.29, 0.717) is 24.5 Å². The van der Waals surface area contributed by atoms with Crippen molar-refractivity contribution >= 4 is 5.78 Å². The van der Waals surface area contributed by atoms with Gasteiger partial charge in [-0.15, -0.1) is 0 Å². The SMILES string of the molecule is N#C[C@]12CCC[C@@H]1CCC(=O)C2. The van der Waals surface area contributed by atoms with Crippen molar-refractivity contribution in [1.29, 1.82) is 5.26 Å². The first-order valence-electron chi connectivity index (χ1n) is 4.70. The number of fused-ring (bicyclic) bond motifs is 1. The summed E-state index contributed by atoms with van der Waals surface area (Å²) < 4.78 is 0. The molecule has 0 bridgehead atoms. The van der Waals surface area contributed by atoms with E-state index in [0.717, 1.165) is 19.3 Å². The lowest BCUT2D eigenvalue weighted by atomic mass is 9.69. The predicted molar refractivity (Wildman–Crippen MR) is 44.2 cm³/mol. The molecule has 2 aliphatic rings. The van der Waals surface area contributed by atoms with Gasteiger partial charge in [-0.3, -0.25) is 4.79 Å². The summed E-state index contributed by atoms with van der Waals surface area (Å²) in [6.45, 7) is 0. The van der Waals surface area contributed by atoms with Gasteiger partial charge in [-0.25, -0.2) is 0 Å². The van der Waals surface area contributed by atoms with Crippen molar-refractivity contribution in [3.63, 3.8) is 0 Å². The van der Waals surface area contributed by atoms with Crippen molar-refractivity contribution in [3.8, 4) is 6.07 Å². The van der Waals surface area contributed by atoms with E-state index in [4.69, 9.17) is 5.26 Å². The van der Waals surface area contributed by atoms with Crippen LogP contribution in [0.25, 0.3) is 0 Å². The van der Waals surface area contributed by atoms with Gasteiger partial charge in [-0.2, -0.15) is 5.26 Å². The molecular weight excluding hydrogens is 150 g/mol. The first-order valence-corrected chi connectivity index (χ1v) is 4.70. The van der Waals surface area contributed by atoms with E-state index in [-0.39, 0.29) is 5.41 Å². The largest absolute Gasteiger partial charge is 0.300 e. The third-order valence-electron chi connectivity index (χ3n) is 3.46. The van der Waals surface area contributed by atoms with Crippen molar-refractivity contribution in [3.05, 3.63) is 0 Å². The van der Waals surface area contributed by atoms with Gasteiger partial charge in [0.05, 0.1) is 11.5 Å². The Morgan fingerprint density at radius 3 is 3.08 bits per heavy atom. The lowest BCUT2D eigenvalue weighted by Gasteiger charge is -2.32. The Bertz CT molecular complexity index is 253. The van der Waals surface area contributed by atoms with Crippen LogP contribution in [0.4, 0.5) is 0 Å². The van der Waals surface area contributed by atoms with Crippen molar-refractivity contribution < 1.29 is 4.79 Å². The Morgan fingerprint density at radius 2 is 2.33 bits per heavy atom. The van der Waals surface area contributed by atoms with Crippen molar-refractivity contribution in [2.24, 2.45) is 11.3 Å². The molecule has 2 rings (SSSR count). The van der Waals surface area contributed by atoms with Crippen LogP contribution in [0, 0.1) is 22.7 Å². The Morgan fingerprint density at radius 1 is 1.50 bits per heavy atom. The molecule has 0 aliphatic heterocycles. The lowest BCUT2D eigenvalue weighted by molar-refractivity contribution is -0.123. The minimum atomic E-state index is -0.241. The molecule has 0 aromatic rings. The maximum Gasteiger partial charge on any atom is 0.134 e. The van der Waals surface area contributed by atoms with Gasteiger partial charge in [0.15, 0.2) is 0 Å². The second kappa shape index (κ2) is 2.58. The Kier molecular flexibility index (Phi) is 1.68. The molecule has 0 radical (unpaired) electrons. The molecule has 2 heteroatoms. The van der Waals surface area contributed by atoms with E-state index >= 15 is 0 Å². The lowest BCUT2D eigenvalue weighted by Crippen LogP contribution is -2.31. The number of carbonyl (C=O) groups is 1. The highest BCUT2D eigenvalue weighted by Crippen LogP contribution is 2.50. The second-order valence-corrected chi connectivity index (χ2v) is 4.11. The Balaban J connectivity index is 2.25. The van der Waals surface area contributed by atoms with Crippen molar-refractivity contribution in [2.75, 3.05) is 0 Å². The highest BCUT2D eigenvalue weighted by molar-refractivity contribution is 5.80. The fraction of sp³-hybridized carbons (Fsp3) is 0.800. The number of rotatable bonds is 0. The summed E-state index contributed by atoms with van der Waals surface area (Å²) in [5.74, 6) is 0.829. The van der Waals surface area contributed by atoms with Gasteiger partial charge in [0.25, 0.3) is 0 Å². The smallest absolute Gasteiger partial charge is 0.134 e. The van der Waals surface area contributed by atoms with Gasteiger partial charge >= 0.3 is 0 Å². The van der Waals surface area contributed by atoms with Gasteiger partial charge in [0, 0.05) is 12.8 Å². The van der Waals surface area contributed by atoms with Crippen LogP contribution in [-0.2, 0) is 4.79 Å². The van der Waals surface area contributed by atoms with Gasteiger partial charge in [-0.1, -0.05) is 6.42 Å². The zero-order valence-electron chi connectivity index (χ0n) is 7.18. The molecule has 2 saturated carbocycles.